The minimum Gasteiger partial charge on any atom is -0.343 e. The van der Waals surface area contributed by atoms with Crippen LogP contribution in [0, 0.1) is 0 Å². The minimum atomic E-state index is -2.45. The van der Waals surface area contributed by atoms with Crippen LogP contribution < -0.4 is 10.6 Å². The van der Waals surface area contributed by atoms with Crippen molar-refractivity contribution < 1.29 is 18.0 Å². The van der Waals surface area contributed by atoms with Crippen LogP contribution in [-0.4, -0.2) is 44.4 Å². The number of piperidine rings is 1. The number of thiol groups is 1. The van der Waals surface area contributed by atoms with Crippen molar-refractivity contribution in [2.75, 3.05) is 18.4 Å². The van der Waals surface area contributed by atoms with Gasteiger partial charge in [-0.3, -0.25) is 4.79 Å². The molecule has 0 aromatic heterocycles. The first-order valence-corrected chi connectivity index (χ1v) is 8.84. The molecule has 8 heteroatoms. The Labute approximate surface area is 137 Å². The number of likely N-dealkylation sites (tertiary alicyclic amines) is 1. The van der Waals surface area contributed by atoms with E-state index in [1.54, 1.807) is 36.1 Å². The molecule has 1 aromatic rings. The van der Waals surface area contributed by atoms with Crippen LogP contribution in [0.2, 0.25) is 0 Å². The van der Waals surface area contributed by atoms with Crippen LogP contribution in [0.1, 0.15) is 25.3 Å². The Balaban J connectivity index is 1.80. The van der Waals surface area contributed by atoms with Gasteiger partial charge in [-0.15, -0.1) is 0 Å². The Kier molecular flexibility index (Phi) is 5.97. The second-order valence-electron chi connectivity index (χ2n) is 5.57. The number of carbonyl (C=O) groups excluding carboxylic acids is 2. The summed E-state index contributed by atoms with van der Waals surface area (Å²) in [7, 11) is -2.45. The van der Waals surface area contributed by atoms with E-state index in [-0.39, 0.29) is 23.7 Å². The molecule has 1 aliphatic rings. The molecule has 0 aliphatic carbocycles. The van der Waals surface area contributed by atoms with Crippen molar-refractivity contribution in [2.45, 2.75) is 31.6 Å². The molecule has 1 fully saturated rings. The van der Waals surface area contributed by atoms with E-state index in [4.69, 9.17) is 0 Å². The number of nitrogens with one attached hydrogen (secondary N) is 2. The van der Waals surface area contributed by atoms with Gasteiger partial charge < -0.3 is 15.5 Å². The van der Waals surface area contributed by atoms with Crippen molar-refractivity contribution in [3.63, 3.8) is 0 Å². The Morgan fingerprint density at radius 3 is 2.30 bits per heavy atom. The molecule has 1 aliphatic heterocycles. The van der Waals surface area contributed by atoms with Gasteiger partial charge in [0.25, 0.3) is 0 Å². The SMILES string of the molecule is CC(=O)N1CCC(NC(=O)Nc2ccc(C[SH](=O)=O)cc2)CC1. The van der Waals surface area contributed by atoms with Gasteiger partial charge in [-0.25, -0.2) is 13.2 Å². The van der Waals surface area contributed by atoms with Crippen LogP contribution in [-0.2, 0) is 21.3 Å². The number of benzene rings is 1. The predicted molar refractivity (Wildman–Crippen MR) is 87.9 cm³/mol. The zero-order valence-electron chi connectivity index (χ0n) is 12.9. The summed E-state index contributed by atoms with van der Waals surface area (Å²) in [6.07, 6.45) is 1.48. The lowest BCUT2D eigenvalue weighted by molar-refractivity contribution is -0.129. The van der Waals surface area contributed by atoms with Crippen LogP contribution in [0.3, 0.4) is 0 Å². The monoisotopic (exact) mass is 339 g/mol. The molecule has 3 amide bonds. The molecule has 1 heterocycles. The van der Waals surface area contributed by atoms with E-state index >= 15 is 0 Å². The lowest BCUT2D eigenvalue weighted by atomic mass is 10.1. The first-order chi connectivity index (χ1) is 10.9. The zero-order chi connectivity index (χ0) is 16.8. The van der Waals surface area contributed by atoms with Gasteiger partial charge in [0.15, 0.2) is 0 Å². The average Bonchev–Trinajstić information content (AvgIpc) is 2.49. The fraction of sp³-hybridized carbons (Fsp3) is 0.467. The standard InChI is InChI=1S/C15H21N3O4S/c1-11(19)18-8-6-14(7-9-18)17-15(20)16-13-4-2-12(3-5-13)10-23(21)22/h2-5,14,23H,6-10H2,1H3,(H2,16,17,20). The van der Waals surface area contributed by atoms with E-state index in [0.29, 0.717) is 24.3 Å². The van der Waals surface area contributed by atoms with Crippen molar-refractivity contribution in [3.8, 4) is 0 Å². The molecular formula is C15H21N3O4S. The number of carbonyl (C=O) groups is 2. The number of nitrogens with zero attached hydrogens (tertiary/aromatic N) is 1. The van der Waals surface area contributed by atoms with Crippen LogP contribution in [0.4, 0.5) is 10.5 Å². The molecule has 23 heavy (non-hydrogen) atoms. The van der Waals surface area contributed by atoms with Crippen LogP contribution in [0.5, 0.6) is 0 Å². The summed E-state index contributed by atoms with van der Waals surface area (Å²) >= 11 is 0. The number of amides is 3. The molecule has 126 valence electrons. The molecule has 1 aromatic carbocycles. The van der Waals surface area contributed by atoms with Crippen LogP contribution >= 0.6 is 0 Å². The molecule has 0 atom stereocenters. The molecule has 0 saturated carbocycles. The number of urea groups is 1. The molecule has 2 N–H and O–H groups in total. The van der Waals surface area contributed by atoms with Gasteiger partial charge in [0.05, 0.1) is 5.75 Å². The lowest BCUT2D eigenvalue weighted by Gasteiger charge is -2.31. The van der Waals surface area contributed by atoms with Crippen molar-refractivity contribution in [3.05, 3.63) is 29.8 Å². The van der Waals surface area contributed by atoms with Crippen molar-refractivity contribution in [1.82, 2.24) is 10.2 Å². The van der Waals surface area contributed by atoms with Gasteiger partial charge in [-0.2, -0.15) is 0 Å². The third-order valence-corrected chi connectivity index (χ3v) is 4.42. The van der Waals surface area contributed by atoms with Crippen molar-refractivity contribution >= 4 is 28.3 Å². The van der Waals surface area contributed by atoms with Gasteiger partial charge in [0.2, 0.25) is 5.91 Å². The van der Waals surface area contributed by atoms with Crippen molar-refractivity contribution in [2.24, 2.45) is 0 Å². The van der Waals surface area contributed by atoms with E-state index in [1.165, 1.54) is 0 Å². The van der Waals surface area contributed by atoms with Gasteiger partial charge in [0, 0.05) is 31.7 Å². The number of hydrogen-bond donors (Lipinski definition) is 3. The highest BCUT2D eigenvalue weighted by Crippen LogP contribution is 2.12. The second kappa shape index (κ2) is 7.96. The Morgan fingerprint density at radius 2 is 1.78 bits per heavy atom. The molecule has 0 radical (unpaired) electrons. The summed E-state index contributed by atoms with van der Waals surface area (Å²) in [4.78, 5) is 25.0. The normalized spacial score (nSPS) is 15.5. The molecule has 1 saturated heterocycles. The molecular weight excluding hydrogens is 318 g/mol. The predicted octanol–water partition coefficient (Wildman–Crippen LogP) is 0.930. The van der Waals surface area contributed by atoms with Crippen molar-refractivity contribution in [1.29, 1.82) is 0 Å². The first-order valence-electron chi connectivity index (χ1n) is 7.48. The summed E-state index contributed by atoms with van der Waals surface area (Å²) in [6.45, 7) is 2.86. The van der Waals surface area contributed by atoms with E-state index in [2.05, 4.69) is 10.6 Å². The van der Waals surface area contributed by atoms with Gasteiger partial charge in [-0.05, 0) is 30.5 Å². The van der Waals surface area contributed by atoms with Gasteiger partial charge >= 0.3 is 6.03 Å². The van der Waals surface area contributed by atoms with E-state index in [0.717, 1.165) is 12.8 Å². The first kappa shape index (κ1) is 17.3. The molecule has 2 rings (SSSR count). The molecule has 0 unspecified atom stereocenters. The lowest BCUT2D eigenvalue weighted by Crippen LogP contribution is -2.47. The summed E-state index contributed by atoms with van der Waals surface area (Å²) in [6, 6.07) is 6.44. The largest absolute Gasteiger partial charge is 0.343 e. The summed E-state index contributed by atoms with van der Waals surface area (Å²) in [5.74, 6) is 0.0594. The van der Waals surface area contributed by atoms with Crippen LogP contribution in [0.25, 0.3) is 0 Å². The fourth-order valence-electron chi connectivity index (χ4n) is 2.53. The highest BCUT2D eigenvalue weighted by atomic mass is 32.2. The smallest absolute Gasteiger partial charge is 0.319 e. The maximum absolute atomic E-state index is 12.0. The van der Waals surface area contributed by atoms with E-state index in [9.17, 15) is 18.0 Å². The highest BCUT2D eigenvalue weighted by Gasteiger charge is 2.21. The Bertz CT molecular complexity index is 627. The highest BCUT2D eigenvalue weighted by molar-refractivity contribution is 7.71. The third-order valence-electron chi connectivity index (χ3n) is 3.80. The number of anilines is 1. The zero-order valence-corrected chi connectivity index (χ0v) is 13.8. The van der Waals surface area contributed by atoms with Gasteiger partial charge in [0.1, 0.15) is 10.7 Å². The van der Waals surface area contributed by atoms with E-state index < -0.39 is 10.7 Å². The quantitative estimate of drug-likeness (QED) is 0.711. The summed E-state index contributed by atoms with van der Waals surface area (Å²) in [5.41, 5.74) is 1.29. The molecule has 0 spiro atoms. The average molecular weight is 339 g/mol. The maximum Gasteiger partial charge on any atom is 0.319 e. The Morgan fingerprint density at radius 1 is 1.17 bits per heavy atom. The maximum atomic E-state index is 12.0. The van der Waals surface area contributed by atoms with E-state index in [1.807, 2.05) is 0 Å². The summed E-state index contributed by atoms with van der Waals surface area (Å²) in [5, 5.41) is 5.61. The fourth-order valence-corrected chi connectivity index (χ4v) is 3.04. The molecule has 7 nitrogen and oxygen atoms in total. The summed E-state index contributed by atoms with van der Waals surface area (Å²) < 4.78 is 21.3. The third kappa shape index (κ3) is 5.55. The number of hydrogen-bond acceptors (Lipinski definition) is 4. The minimum absolute atomic E-state index is 0.00344. The molecule has 0 bridgehead atoms. The number of rotatable bonds is 4. The van der Waals surface area contributed by atoms with Gasteiger partial charge in [-0.1, -0.05) is 12.1 Å². The Hall–Kier alpha value is -2.09. The van der Waals surface area contributed by atoms with Crippen LogP contribution in [0.15, 0.2) is 24.3 Å². The topological polar surface area (TPSA) is 95.6 Å². The second-order valence-corrected chi connectivity index (χ2v) is 6.55.